The van der Waals surface area contributed by atoms with Crippen LogP contribution in [0.1, 0.15) is 41.3 Å². The lowest BCUT2D eigenvalue weighted by molar-refractivity contribution is -0.129. The van der Waals surface area contributed by atoms with Crippen LogP contribution in [-0.4, -0.2) is 42.9 Å². The number of amides is 3. The molecule has 3 heterocycles. The zero-order valence-corrected chi connectivity index (χ0v) is 16.8. The summed E-state index contributed by atoms with van der Waals surface area (Å²) in [6.45, 7) is 0. The number of halogens is 3. The van der Waals surface area contributed by atoms with E-state index in [-0.39, 0.29) is 34.5 Å². The number of benzene rings is 2. The Morgan fingerprint density at radius 1 is 1.03 bits per heavy atom. The molecule has 2 unspecified atom stereocenters. The van der Waals surface area contributed by atoms with E-state index in [1.54, 1.807) is 18.2 Å². The molecular weight excluding hydrogens is 457 g/mol. The number of imide groups is 1. The average Bonchev–Trinajstić information content (AvgIpc) is 3.51. The molecule has 2 atom stereocenters. The number of ether oxygens (including phenoxy) is 1. The molecule has 2 aromatic rings. The molecule has 32 heavy (non-hydrogen) atoms. The van der Waals surface area contributed by atoms with Gasteiger partial charge in [0.15, 0.2) is 6.23 Å². The summed E-state index contributed by atoms with van der Waals surface area (Å²) in [5.41, 5.74) is -5.28. The van der Waals surface area contributed by atoms with Crippen LogP contribution in [0.2, 0.25) is 0 Å². The van der Waals surface area contributed by atoms with Crippen molar-refractivity contribution in [3.8, 4) is 0 Å². The van der Waals surface area contributed by atoms with Gasteiger partial charge in [0.1, 0.15) is 6.10 Å². The third-order valence-electron chi connectivity index (χ3n) is 5.47. The number of hydroxylamine groups is 2. The van der Waals surface area contributed by atoms with Crippen molar-refractivity contribution in [3.63, 3.8) is 0 Å². The van der Waals surface area contributed by atoms with Crippen molar-refractivity contribution in [2.45, 2.75) is 37.1 Å². The number of hydrogen-bond acceptors (Lipinski definition) is 7. The highest BCUT2D eigenvalue weighted by molar-refractivity contribution is 7.87. The fourth-order valence-corrected chi connectivity index (χ4v) is 4.47. The van der Waals surface area contributed by atoms with Crippen molar-refractivity contribution in [2.75, 3.05) is 4.90 Å². The standard InChI is InChI=1S/C19H13F3N2O7S/c20-19(21,22)32(28,29)31-24-17(27)11-7-8-12(23-13(25)5-2-6-14(23)26)9-3-1-4-10(15(9)11)16-18(24)30-16/h1,3-4,7-8,16,18H,2,5-6H2. The molecule has 0 aromatic heterocycles. The molecule has 0 aliphatic carbocycles. The van der Waals surface area contributed by atoms with E-state index < -0.39 is 45.7 Å². The van der Waals surface area contributed by atoms with E-state index in [9.17, 15) is 36.0 Å². The largest absolute Gasteiger partial charge is 0.525 e. The van der Waals surface area contributed by atoms with E-state index in [4.69, 9.17) is 4.74 Å². The van der Waals surface area contributed by atoms with E-state index in [0.717, 1.165) is 4.90 Å². The molecule has 0 radical (unpaired) electrons. The second-order valence-corrected chi connectivity index (χ2v) is 8.95. The summed E-state index contributed by atoms with van der Waals surface area (Å²) in [6, 6.07) is 7.25. The third-order valence-corrected chi connectivity index (χ3v) is 6.39. The summed E-state index contributed by atoms with van der Waals surface area (Å²) in [5, 5.41) is 0.620. The van der Waals surface area contributed by atoms with Gasteiger partial charge in [-0.1, -0.05) is 18.2 Å². The highest BCUT2D eigenvalue weighted by atomic mass is 32.2. The average molecular weight is 470 g/mol. The number of carbonyl (C=O) groups excluding carboxylic acids is 3. The van der Waals surface area contributed by atoms with E-state index in [2.05, 4.69) is 4.28 Å². The summed E-state index contributed by atoms with van der Waals surface area (Å²) >= 11 is 0. The maximum atomic E-state index is 13.0. The predicted octanol–water partition coefficient (Wildman–Crippen LogP) is 2.52. The van der Waals surface area contributed by atoms with Gasteiger partial charge in [0.2, 0.25) is 11.8 Å². The Kier molecular flexibility index (Phi) is 4.39. The molecule has 3 aliphatic rings. The SMILES string of the molecule is O=C1CCCC(=O)N1c1ccc2c3c(cccc13)C1OC1N(OS(=O)(=O)C(F)(F)F)C2=O. The van der Waals surface area contributed by atoms with Crippen molar-refractivity contribution < 1.29 is 45.0 Å². The zero-order valence-electron chi connectivity index (χ0n) is 16.0. The van der Waals surface area contributed by atoms with Crippen molar-refractivity contribution in [3.05, 3.63) is 41.5 Å². The van der Waals surface area contributed by atoms with Gasteiger partial charge in [0.05, 0.1) is 11.3 Å². The Bertz CT molecular complexity index is 1290. The minimum absolute atomic E-state index is 0.0547. The molecule has 9 nitrogen and oxygen atoms in total. The number of carbonyl (C=O) groups is 3. The first-order valence-electron chi connectivity index (χ1n) is 9.42. The van der Waals surface area contributed by atoms with Crippen LogP contribution in [-0.2, 0) is 28.7 Å². The van der Waals surface area contributed by atoms with Crippen molar-refractivity contribution >= 4 is 44.3 Å². The summed E-state index contributed by atoms with van der Waals surface area (Å²) in [6.07, 6.45) is -1.59. The number of nitrogens with zero attached hydrogens (tertiary/aromatic N) is 2. The Morgan fingerprint density at radius 3 is 2.38 bits per heavy atom. The van der Waals surface area contributed by atoms with Crippen molar-refractivity contribution in [1.29, 1.82) is 0 Å². The zero-order chi connectivity index (χ0) is 23.0. The van der Waals surface area contributed by atoms with Crippen LogP contribution >= 0.6 is 0 Å². The van der Waals surface area contributed by atoms with Crippen LogP contribution in [0.25, 0.3) is 10.8 Å². The minimum Gasteiger partial charge on any atom is -0.340 e. The molecule has 168 valence electrons. The lowest BCUT2D eigenvalue weighted by Crippen LogP contribution is -2.40. The van der Waals surface area contributed by atoms with E-state index in [1.807, 2.05) is 0 Å². The second-order valence-electron chi connectivity index (χ2n) is 7.43. The van der Waals surface area contributed by atoms with E-state index in [1.165, 1.54) is 12.1 Å². The lowest BCUT2D eigenvalue weighted by atomic mass is 9.95. The maximum absolute atomic E-state index is 13.0. The Morgan fingerprint density at radius 2 is 1.72 bits per heavy atom. The maximum Gasteiger partial charge on any atom is 0.525 e. The normalized spacial score (nSPS) is 23.4. The van der Waals surface area contributed by atoms with Gasteiger partial charge in [-0.05, 0) is 24.1 Å². The second kappa shape index (κ2) is 6.73. The van der Waals surface area contributed by atoms with Gasteiger partial charge < -0.3 is 4.74 Å². The number of piperidine rings is 1. The molecule has 0 N–H and O–H groups in total. The number of epoxide rings is 1. The molecular formula is C19H13F3N2O7S. The highest BCUT2D eigenvalue weighted by Crippen LogP contribution is 2.49. The molecule has 13 heteroatoms. The molecule has 2 saturated heterocycles. The van der Waals surface area contributed by atoms with Gasteiger partial charge >= 0.3 is 15.6 Å². The van der Waals surface area contributed by atoms with Crippen LogP contribution in [0.15, 0.2) is 30.3 Å². The van der Waals surface area contributed by atoms with Crippen molar-refractivity contribution in [1.82, 2.24) is 5.06 Å². The topological polar surface area (TPSA) is 114 Å². The monoisotopic (exact) mass is 470 g/mol. The smallest absolute Gasteiger partial charge is 0.340 e. The van der Waals surface area contributed by atoms with Crippen molar-refractivity contribution in [2.24, 2.45) is 0 Å². The number of hydrogen-bond donors (Lipinski definition) is 0. The van der Waals surface area contributed by atoms with Crippen LogP contribution in [0.4, 0.5) is 18.9 Å². The van der Waals surface area contributed by atoms with Gasteiger partial charge in [0, 0.05) is 23.6 Å². The fraction of sp³-hybridized carbons (Fsp3) is 0.316. The van der Waals surface area contributed by atoms with Gasteiger partial charge in [0.25, 0.3) is 5.91 Å². The quantitative estimate of drug-likeness (QED) is 0.385. The number of alkyl halides is 3. The van der Waals surface area contributed by atoms with Gasteiger partial charge in [-0.3, -0.25) is 14.4 Å². The molecule has 3 aliphatic heterocycles. The van der Waals surface area contributed by atoms with Crippen LogP contribution in [0.5, 0.6) is 0 Å². The first kappa shape index (κ1) is 20.8. The van der Waals surface area contributed by atoms with Crippen LogP contribution in [0.3, 0.4) is 0 Å². The van der Waals surface area contributed by atoms with E-state index in [0.29, 0.717) is 17.4 Å². The first-order valence-corrected chi connectivity index (χ1v) is 10.8. The lowest BCUT2D eigenvalue weighted by Gasteiger charge is -2.27. The molecule has 3 amide bonds. The van der Waals surface area contributed by atoms with Crippen LogP contribution in [0, 0.1) is 0 Å². The minimum atomic E-state index is -6.12. The van der Waals surface area contributed by atoms with E-state index >= 15 is 0 Å². The van der Waals surface area contributed by atoms with Gasteiger partial charge in [-0.15, -0.1) is 4.28 Å². The van der Waals surface area contributed by atoms with Gasteiger partial charge in [-0.25, -0.2) is 4.90 Å². The predicted molar refractivity (Wildman–Crippen MR) is 100 cm³/mol. The number of rotatable bonds is 3. The number of fused-ring (bicyclic) bond motifs is 2. The molecule has 0 spiro atoms. The molecule has 2 aromatic carbocycles. The first-order chi connectivity index (χ1) is 15.0. The Hall–Kier alpha value is -3.03. The van der Waals surface area contributed by atoms with Gasteiger partial charge in [-0.2, -0.15) is 26.7 Å². The summed E-state index contributed by atoms with van der Waals surface area (Å²) in [7, 11) is -6.12. The summed E-state index contributed by atoms with van der Waals surface area (Å²) in [5.74, 6) is -1.99. The molecule has 0 saturated carbocycles. The molecule has 0 bridgehead atoms. The summed E-state index contributed by atoms with van der Waals surface area (Å²) < 4.78 is 70.9. The highest BCUT2D eigenvalue weighted by Gasteiger charge is 2.57. The summed E-state index contributed by atoms with van der Waals surface area (Å²) in [4.78, 5) is 38.9. The van der Waals surface area contributed by atoms with Crippen LogP contribution < -0.4 is 4.90 Å². The Labute approximate surface area is 178 Å². The fourth-order valence-electron chi connectivity index (χ4n) is 4.02. The third kappa shape index (κ3) is 2.99. The molecule has 2 fully saturated rings. The number of anilines is 1. The Balaban J connectivity index is 1.66. The molecule has 5 rings (SSSR count).